The van der Waals surface area contributed by atoms with E-state index in [0.717, 1.165) is 121 Å². The summed E-state index contributed by atoms with van der Waals surface area (Å²) in [5, 5.41) is 10.5. The van der Waals surface area contributed by atoms with E-state index in [-0.39, 0.29) is 25.7 Å². The van der Waals surface area contributed by atoms with Crippen molar-refractivity contribution in [3.05, 3.63) is 0 Å². The molecule has 81 heavy (non-hydrogen) atoms. The Kier molecular flexibility index (Phi) is 53.4. The van der Waals surface area contributed by atoms with Gasteiger partial charge < -0.3 is 33.8 Å². The van der Waals surface area contributed by atoms with Crippen LogP contribution in [0.2, 0.25) is 0 Å². The van der Waals surface area contributed by atoms with Gasteiger partial charge in [-0.15, -0.1) is 0 Å². The lowest BCUT2D eigenvalue weighted by molar-refractivity contribution is -0.161. The highest BCUT2D eigenvalue weighted by atomic mass is 31.2. The maximum absolute atomic E-state index is 13.0. The summed E-state index contributed by atoms with van der Waals surface area (Å²) in [6.07, 6.45) is 36.7. The highest BCUT2D eigenvalue weighted by Gasteiger charge is 2.30. The Morgan fingerprint density at radius 3 is 0.840 bits per heavy atom. The number of unbranched alkanes of at least 4 members (excludes halogenated alkanes) is 31. The molecule has 0 aliphatic heterocycles. The number of ether oxygens (including phenoxy) is 4. The molecule has 0 radical (unpaired) electrons. The highest BCUT2D eigenvalue weighted by Crippen LogP contribution is 2.45. The molecular weight excluding hydrogens is 1080 g/mol. The van der Waals surface area contributed by atoms with Crippen molar-refractivity contribution < 1.29 is 80.2 Å². The first-order chi connectivity index (χ1) is 38.9. The first-order valence-corrected chi connectivity index (χ1v) is 35.5. The van der Waals surface area contributed by atoms with Crippen LogP contribution in [0.4, 0.5) is 0 Å². The van der Waals surface area contributed by atoms with Crippen molar-refractivity contribution >= 4 is 39.5 Å². The monoisotopic (exact) mass is 1200 g/mol. The van der Waals surface area contributed by atoms with Crippen LogP contribution in [0.3, 0.4) is 0 Å². The zero-order valence-electron chi connectivity index (χ0n) is 52.1. The SMILES string of the molecule is CCCCCCCCCC(=O)O[C@H](COC(=O)CCCCCCC)COP(=O)(O)OC[C@H](O)COP(=O)(O)OC[C@@H](COC(=O)CCCCCCCCCCCCCC(C)C)OC(=O)CCCCCCCCCCCCCCC(C)C. The van der Waals surface area contributed by atoms with E-state index in [1.165, 1.54) is 103 Å². The summed E-state index contributed by atoms with van der Waals surface area (Å²) in [6, 6.07) is 0. The lowest BCUT2D eigenvalue weighted by Crippen LogP contribution is -2.30. The van der Waals surface area contributed by atoms with Crippen LogP contribution in [0.1, 0.15) is 305 Å². The largest absolute Gasteiger partial charge is 0.472 e. The summed E-state index contributed by atoms with van der Waals surface area (Å²) in [7, 11) is -9.87. The van der Waals surface area contributed by atoms with Crippen molar-refractivity contribution in [3.63, 3.8) is 0 Å². The van der Waals surface area contributed by atoms with Gasteiger partial charge >= 0.3 is 39.5 Å². The Labute approximate surface area is 492 Å². The second kappa shape index (κ2) is 54.7. The highest BCUT2D eigenvalue weighted by molar-refractivity contribution is 7.47. The maximum Gasteiger partial charge on any atom is 0.472 e. The van der Waals surface area contributed by atoms with E-state index in [4.69, 9.17) is 37.0 Å². The van der Waals surface area contributed by atoms with Crippen LogP contribution >= 0.6 is 15.6 Å². The molecule has 5 atom stereocenters. The van der Waals surface area contributed by atoms with Crippen LogP contribution < -0.4 is 0 Å². The van der Waals surface area contributed by atoms with Crippen LogP contribution in [-0.4, -0.2) is 96.7 Å². The lowest BCUT2D eigenvalue weighted by atomic mass is 10.0. The molecule has 0 spiro atoms. The third-order valence-corrected chi connectivity index (χ3v) is 16.1. The van der Waals surface area contributed by atoms with E-state index in [0.29, 0.717) is 25.7 Å². The van der Waals surface area contributed by atoms with Gasteiger partial charge in [-0.1, -0.05) is 253 Å². The molecule has 0 bridgehead atoms. The topological polar surface area (TPSA) is 237 Å². The Balaban J connectivity index is 5.15. The van der Waals surface area contributed by atoms with Gasteiger partial charge in [0.2, 0.25) is 0 Å². The van der Waals surface area contributed by atoms with Crippen LogP contribution in [0.25, 0.3) is 0 Å². The van der Waals surface area contributed by atoms with Crippen molar-refractivity contribution in [3.8, 4) is 0 Å². The number of phosphoric ester groups is 2. The van der Waals surface area contributed by atoms with Crippen LogP contribution in [-0.2, 0) is 65.4 Å². The Morgan fingerprint density at radius 1 is 0.333 bits per heavy atom. The first kappa shape index (κ1) is 79.1. The van der Waals surface area contributed by atoms with E-state index < -0.39 is 97.5 Å². The number of hydrogen-bond donors (Lipinski definition) is 3. The van der Waals surface area contributed by atoms with E-state index in [1.807, 2.05) is 0 Å². The number of rotatable bonds is 61. The quantitative estimate of drug-likeness (QED) is 0.0222. The molecule has 0 aliphatic carbocycles. The Bertz CT molecular complexity index is 1600. The van der Waals surface area contributed by atoms with Crippen LogP contribution in [0.5, 0.6) is 0 Å². The fourth-order valence-corrected chi connectivity index (χ4v) is 10.8. The molecular formula is C62H120O17P2. The molecule has 0 heterocycles. The zero-order valence-corrected chi connectivity index (χ0v) is 53.9. The number of carbonyl (C=O) groups excluding carboxylic acids is 4. The molecule has 0 aliphatic rings. The molecule has 0 amide bonds. The average molecular weight is 1200 g/mol. The van der Waals surface area contributed by atoms with Crippen molar-refractivity contribution in [2.75, 3.05) is 39.6 Å². The summed E-state index contributed by atoms with van der Waals surface area (Å²) >= 11 is 0. The predicted octanol–water partition coefficient (Wildman–Crippen LogP) is 16.9. The number of esters is 4. The molecule has 0 fully saturated rings. The molecule has 0 aromatic rings. The molecule has 0 saturated carbocycles. The fraction of sp³-hybridized carbons (Fsp3) is 0.935. The fourth-order valence-electron chi connectivity index (χ4n) is 9.18. The second-order valence-electron chi connectivity index (χ2n) is 23.4. The number of aliphatic hydroxyl groups is 1. The van der Waals surface area contributed by atoms with Gasteiger partial charge in [-0.05, 0) is 37.5 Å². The molecule has 480 valence electrons. The zero-order chi connectivity index (χ0) is 60.1. The third kappa shape index (κ3) is 56.9. The summed E-state index contributed by atoms with van der Waals surface area (Å²) in [6.45, 7) is 9.36. The summed E-state index contributed by atoms with van der Waals surface area (Å²) in [5.74, 6) is -0.603. The first-order valence-electron chi connectivity index (χ1n) is 32.5. The molecule has 0 aromatic heterocycles. The normalized spacial score (nSPS) is 14.4. The molecule has 0 aromatic carbocycles. The van der Waals surface area contributed by atoms with Crippen molar-refractivity contribution in [1.29, 1.82) is 0 Å². The number of aliphatic hydroxyl groups excluding tert-OH is 1. The number of hydrogen-bond acceptors (Lipinski definition) is 15. The maximum atomic E-state index is 13.0. The molecule has 2 unspecified atom stereocenters. The van der Waals surface area contributed by atoms with Crippen LogP contribution in [0.15, 0.2) is 0 Å². The van der Waals surface area contributed by atoms with Gasteiger partial charge in [0.15, 0.2) is 12.2 Å². The minimum atomic E-state index is -4.94. The van der Waals surface area contributed by atoms with E-state index in [9.17, 15) is 43.2 Å². The van der Waals surface area contributed by atoms with E-state index in [1.54, 1.807) is 0 Å². The minimum Gasteiger partial charge on any atom is -0.462 e. The van der Waals surface area contributed by atoms with Gasteiger partial charge in [0.1, 0.15) is 19.3 Å². The third-order valence-electron chi connectivity index (χ3n) is 14.2. The van der Waals surface area contributed by atoms with Gasteiger partial charge in [0.05, 0.1) is 26.4 Å². The van der Waals surface area contributed by atoms with Gasteiger partial charge in [-0.25, -0.2) is 9.13 Å². The standard InChI is InChI=1S/C62H120O17P2/c1-7-9-11-13-25-34-40-46-61(66)78-57(50-72-59(64)44-38-30-12-10-8-2)52-76-80(68,69)74-48-56(63)49-75-81(70,71)77-53-58(51-73-60(65)45-39-33-28-23-20-16-18-22-27-32-37-43-55(5)6)79-62(67)47-41-35-29-24-19-15-14-17-21-26-31-36-42-54(3)4/h54-58,63H,7-53H2,1-6H3,(H,68,69)(H,70,71)/t56-,57+,58+/m0/s1. The van der Waals surface area contributed by atoms with Gasteiger partial charge in [0, 0.05) is 25.7 Å². The molecule has 19 heteroatoms. The number of phosphoric acid groups is 2. The Morgan fingerprint density at radius 2 is 0.568 bits per heavy atom. The molecule has 0 rings (SSSR count). The predicted molar refractivity (Wildman–Crippen MR) is 321 cm³/mol. The summed E-state index contributed by atoms with van der Waals surface area (Å²) in [4.78, 5) is 71.8. The van der Waals surface area contributed by atoms with Gasteiger partial charge in [-0.2, -0.15) is 0 Å². The molecule has 3 N–H and O–H groups in total. The molecule has 0 saturated heterocycles. The summed E-state index contributed by atoms with van der Waals surface area (Å²) < 4.78 is 67.6. The second-order valence-corrected chi connectivity index (χ2v) is 26.3. The smallest absolute Gasteiger partial charge is 0.462 e. The van der Waals surface area contributed by atoms with Crippen molar-refractivity contribution in [2.45, 2.75) is 323 Å². The van der Waals surface area contributed by atoms with Crippen molar-refractivity contribution in [2.24, 2.45) is 11.8 Å². The summed E-state index contributed by atoms with van der Waals surface area (Å²) in [5.41, 5.74) is 0. The van der Waals surface area contributed by atoms with E-state index >= 15 is 0 Å². The minimum absolute atomic E-state index is 0.103. The number of carbonyl (C=O) groups is 4. The Hall–Kier alpha value is -1.94. The van der Waals surface area contributed by atoms with Gasteiger partial charge in [0.25, 0.3) is 0 Å². The van der Waals surface area contributed by atoms with Crippen molar-refractivity contribution in [1.82, 2.24) is 0 Å². The van der Waals surface area contributed by atoms with Gasteiger partial charge in [-0.3, -0.25) is 37.3 Å². The van der Waals surface area contributed by atoms with E-state index in [2.05, 4.69) is 41.5 Å². The molecule has 17 nitrogen and oxygen atoms in total. The van der Waals surface area contributed by atoms with Crippen LogP contribution in [0, 0.1) is 11.8 Å². The average Bonchev–Trinajstić information content (AvgIpc) is 3.42. The lowest BCUT2D eigenvalue weighted by Gasteiger charge is -2.21.